The molecule has 134 valence electrons. The van der Waals surface area contributed by atoms with Gasteiger partial charge in [-0.2, -0.15) is 0 Å². The van der Waals surface area contributed by atoms with Gasteiger partial charge in [0.1, 0.15) is 5.65 Å². The summed E-state index contributed by atoms with van der Waals surface area (Å²) in [5.41, 5.74) is 9.93. The van der Waals surface area contributed by atoms with E-state index in [4.69, 9.17) is 10.7 Å². The van der Waals surface area contributed by atoms with Gasteiger partial charge in [0.05, 0.1) is 5.69 Å². The zero-order chi connectivity index (χ0) is 18.1. The third-order valence-electron chi connectivity index (χ3n) is 5.37. The minimum atomic E-state index is -0.0251. The highest BCUT2D eigenvalue weighted by molar-refractivity contribution is 5.46. The molecule has 26 heavy (non-hydrogen) atoms. The molecule has 2 N–H and O–H groups in total. The van der Waals surface area contributed by atoms with Crippen molar-refractivity contribution in [1.82, 2.24) is 14.3 Å². The van der Waals surface area contributed by atoms with E-state index >= 15 is 0 Å². The monoisotopic (exact) mass is 348 g/mol. The van der Waals surface area contributed by atoms with E-state index in [9.17, 15) is 4.79 Å². The molecule has 2 aromatic heterocycles. The molecule has 3 aromatic rings. The predicted octanol–water partition coefficient (Wildman–Crippen LogP) is 2.18. The predicted molar refractivity (Wildman–Crippen MR) is 103 cm³/mol. The van der Waals surface area contributed by atoms with E-state index in [0.29, 0.717) is 24.9 Å². The van der Waals surface area contributed by atoms with Gasteiger partial charge in [0.15, 0.2) is 0 Å². The number of nitrogens with two attached hydrogens (primary N) is 1. The molecule has 5 heteroatoms. The van der Waals surface area contributed by atoms with Gasteiger partial charge in [0.2, 0.25) is 0 Å². The number of likely N-dealkylation sites (tertiary alicyclic amines) is 1. The van der Waals surface area contributed by atoms with E-state index in [-0.39, 0.29) is 5.56 Å². The van der Waals surface area contributed by atoms with Crippen LogP contribution in [0.5, 0.6) is 0 Å². The maximum atomic E-state index is 12.4. The van der Waals surface area contributed by atoms with Gasteiger partial charge in [-0.05, 0) is 36.6 Å². The van der Waals surface area contributed by atoms with Crippen LogP contribution in [-0.4, -0.2) is 33.9 Å². The molecule has 0 radical (unpaired) electrons. The van der Waals surface area contributed by atoms with Gasteiger partial charge in [0.25, 0.3) is 5.56 Å². The van der Waals surface area contributed by atoms with E-state index in [0.717, 1.165) is 30.0 Å². The molecular formula is C21H24N4O. The standard InChI is InChI=1S/C21H24N4O/c1-15-6-5-9-25-20(26)10-18(23-21(15)25)13-24-12-17(11-22)19(14-24)16-7-3-2-4-8-16/h2-10,17,19H,11-14,22H2,1H3/t17-,19+/m1/s1. The van der Waals surface area contributed by atoms with Crippen molar-refractivity contribution in [3.8, 4) is 0 Å². The Morgan fingerprint density at radius 1 is 1.15 bits per heavy atom. The van der Waals surface area contributed by atoms with Gasteiger partial charge >= 0.3 is 0 Å². The molecule has 5 nitrogen and oxygen atoms in total. The lowest BCUT2D eigenvalue weighted by molar-refractivity contribution is 0.313. The van der Waals surface area contributed by atoms with Crippen LogP contribution in [0.2, 0.25) is 0 Å². The third-order valence-corrected chi connectivity index (χ3v) is 5.37. The Bertz CT molecular complexity index is 967. The van der Waals surface area contributed by atoms with Crippen LogP contribution in [0.3, 0.4) is 0 Å². The number of rotatable bonds is 4. The van der Waals surface area contributed by atoms with Crippen LogP contribution in [0.4, 0.5) is 0 Å². The summed E-state index contributed by atoms with van der Waals surface area (Å²) in [6.07, 6.45) is 1.77. The highest BCUT2D eigenvalue weighted by Gasteiger charge is 2.32. The lowest BCUT2D eigenvalue weighted by Gasteiger charge is -2.17. The first-order valence-corrected chi connectivity index (χ1v) is 9.11. The topological polar surface area (TPSA) is 63.6 Å². The fourth-order valence-electron chi connectivity index (χ4n) is 4.03. The number of aryl methyl sites for hydroxylation is 1. The first-order valence-electron chi connectivity index (χ1n) is 9.11. The number of aromatic nitrogens is 2. The van der Waals surface area contributed by atoms with Gasteiger partial charge in [-0.15, -0.1) is 0 Å². The summed E-state index contributed by atoms with van der Waals surface area (Å²) in [5.74, 6) is 0.866. The van der Waals surface area contributed by atoms with Crippen LogP contribution < -0.4 is 11.3 Å². The van der Waals surface area contributed by atoms with Gasteiger partial charge in [-0.25, -0.2) is 4.98 Å². The van der Waals surface area contributed by atoms with E-state index in [1.165, 1.54) is 5.56 Å². The second kappa shape index (κ2) is 7.02. The third kappa shape index (κ3) is 3.16. The van der Waals surface area contributed by atoms with E-state index in [1.807, 2.05) is 25.1 Å². The molecule has 1 aliphatic rings. The van der Waals surface area contributed by atoms with E-state index in [1.54, 1.807) is 16.7 Å². The quantitative estimate of drug-likeness (QED) is 0.785. The Kier molecular flexibility index (Phi) is 4.57. The van der Waals surface area contributed by atoms with Gasteiger partial charge < -0.3 is 5.73 Å². The fraction of sp³-hybridized carbons (Fsp3) is 0.333. The molecule has 3 heterocycles. The SMILES string of the molecule is Cc1cccn2c(=O)cc(CN3C[C@@H](CN)[C@H](c4ccccc4)C3)nc12. The molecule has 0 aliphatic carbocycles. The molecular weight excluding hydrogens is 324 g/mol. The second-order valence-corrected chi connectivity index (χ2v) is 7.18. The summed E-state index contributed by atoms with van der Waals surface area (Å²) in [6, 6.07) is 16.1. The molecule has 0 spiro atoms. The maximum absolute atomic E-state index is 12.4. The van der Waals surface area contributed by atoms with Crippen LogP contribution in [-0.2, 0) is 6.54 Å². The van der Waals surface area contributed by atoms with Crippen LogP contribution in [0.1, 0.15) is 22.7 Å². The molecule has 0 unspecified atom stereocenters. The Morgan fingerprint density at radius 3 is 2.73 bits per heavy atom. The lowest BCUT2D eigenvalue weighted by Crippen LogP contribution is -2.25. The summed E-state index contributed by atoms with van der Waals surface area (Å²) < 4.78 is 1.61. The molecule has 1 aromatic carbocycles. The second-order valence-electron chi connectivity index (χ2n) is 7.18. The molecule has 0 saturated carbocycles. The first kappa shape index (κ1) is 16.9. The molecule has 1 aliphatic heterocycles. The number of pyridine rings is 1. The molecule has 2 atom stereocenters. The van der Waals surface area contributed by atoms with Crippen molar-refractivity contribution in [3.05, 3.63) is 81.9 Å². The number of fused-ring (bicyclic) bond motifs is 1. The Morgan fingerprint density at radius 2 is 1.96 bits per heavy atom. The smallest absolute Gasteiger partial charge is 0.258 e. The summed E-state index contributed by atoms with van der Waals surface area (Å²) >= 11 is 0. The molecule has 0 bridgehead atoms. The molecule has 4 rings (SSSR count). The van der Waals surface area contributed by atoms with E-state index in [2.05, 4.69) is 29.2 Å². The first-order chi connectivity index (χ1) is 12.7. The Labute approximate surface area is 153 Å². The van der Waals surface area contributed by atoms with Crippen LogP contribution in [0.15, 0.2) is 59.5 Å². The number of benzene rings is 1. The van der Waals surface area contributed by atoms with Crippen molar-refractivity contribution in [2.75, 3.05) is 19.6 Å². The van der Waals surface area contributed by atoms with Gasteiger partial charge in [0, 0.05) is 37.8 Å². The minimum absolute atomic E-state index is 0.0251. The highest BCUT2D eigenvalue weighted by Crippen LogP contribution is 2.32. The zero-order valence-electron chi connectivity index (χ0n) is 15.0. The van der Waals surface area contributed by atoms with Crippen LogP contribution in [0.25, 0.3) is 5.65 Å². The van der Waals surface area contributed by atoms with E-state index < -0.39 is 0 Å². The highest BCUT2D eigenvalue weighted by atomic mass is 16.1. The van der Waals surface area contributed by atoms with Crippen LogP contribution >= 0.6 is 0 Å². The number of hydrogen-bond acceptors (Lipinski definition) is 4. The molecule has 1 saturated heterocycles. The lowest BCUT2D eigenvalue weighted by atomic mass is 9.89. The summed E-state index contributed by atoms with van der Waals surface area (Å²) in [4.78, 5) is 19.5. The average molecular weight is 348 g/mol. The number of hydrogen-bond donors (Lipinski definition) is 1. The minimum Gasteiger partial charge on any atom is -0.330 e. The maximum Gasteiger partial charge on any atom is 0.258 e. The fourth-order valence-corrected chi connectivity index (χ4v) is 4.03. The Hall–Kier alpha value is -2.50. The van der Waals surface area contributed by atoms with Crippen molar-refractivity contribution in [1.29, 1.82) is 0 Å². The summed E-state index contributed by atoms with van der Waals surface area (Å²) in [7, 11) is 0. The largest absolute Gasteiger partial charge is 0.330 e. The normalized spacial score (nSPS) is 20.7. The van der Waals surface area contributed by atoms with Crippen LogP contribution in [0, 0.1) is 12.8 Å². The Balaban J connectivity index is 1.59. The zero-order valence-corrected chi connectivity index (χ0v) is 15.0. The van der Waals surface area contributed by atoms with Crippen molar-refractivity contribution in [2.45, 2.75) is 19.4 Å². The van der Waals surface area contributed by atoms with Crippen molar-refractivity contribution < 1.29 is 0 Å². The molecule has 1 fully saturated rings. The van der Waals surface area contributed by atoms with Crippen molar-refractivity contribution >= 4 is 5.65 Å². The average Bonchev–Trinajstić information content (AvgIpc) is 3.06. The summed E-state index contributed by atoms with van der Waals surface area (Å²) in [5, 5.41) is 0. The summed E-state index contributed by atoms with van der Waals surface area (Å²) in [6.45, 7) is 5.21. The van der Waals surface area contributed by atoms with Crippen molar-refractivity contribution in [2.24, 2.45) is 11.7 Å². The van der Waals surface area contributed by atoms with Gasteiger partial charge in [-0.1, -0.05) is 36.4 Å². The van der Waals surface area contributed by atoms with Gasteiger partial charge in [-0.3, -0.25) is 14.1 Å². The number of nitrogens with zero attached hydrogens (tertiary/aromatic N) is 3. The molecule has 0 amide bonds. The van der Waals surface area contributed by atoms with Crippen molar-refractivity contribution in [3.63, 3.8) is 0 Å².